The van der Waals surface area contributed by atoms with Crippen molar-refractivity contribution in [3.05, 3.63) is 11.8 Å². The van der Waals surface area contributed by atoms with Crippen molar-refractivity contribution >= 4 is 11.6 Å². The minimum Gasteiger partial charge on any atom is -0.327 e. The average molecular weight is 300 g/mol. The van der Waals surface area contributed by atoms with Crippen LogP contribution in [0.15, 0.2) is 16.8 Å². The molecule has 112 valence electrons. The van der Waals surface area contributed by atoms with Gasteiger partial charge in [-0.25, -0.2) is 0 Å². The Morgan fingerprint density at radius 3 is 2.40 bits per heavy atom. The normalized spacial score (nSPS) is 23.9. The molecule has 2 heterocycles. The number of likely N-dealkylation sites (tertiary alicyclic amines) is 1. The first-order chi connectivity index (χ1) is 9.10. The summed E-state index contributed by atoms with van der Waals surface area (Å²) in [6.07, 6.45) is -9.02. The number of hydrogen-bond donors (Lipinski definition) is 0. The largest absolute Gasteiger partial charge is 0.471 e. The summed E-state index contributed by atoms with van der Waals surface area (Å²) < 4.78 is 74.6. The molecule has 3 nitrogen and oxygen atoms in total. The molecule has 2 aliphatic heterocycles. The number of rotatable bonds is 1. The van der Waals surface area contributed by atoms with Gasteiger partial charge in [-0.3, -0.25) is 9.79 Å². The van der Waals surface area contributed by atoms with E-state index in [1.807, 2.05) is 0 Å². The molecule has 9 heteroatoms. The molecule has 1 atom stereocenters. The molecule has 20 heavy (non-hydrogen) atoms. The van der Waals surface area contributed by atoms with Crippen LogP contribution < -0.4 is 0 Å². The molecular formula is C11H10F6N2O. The van der Waals surface area contributed by atoms with Gasteiger partial charge in [0.05, 0.1) is 11.6 Å². The number of amides is 1. The third-order valence-corrected chi connectivity index (χ3v) is 3.26. The van der Waals surface area contributed by atoms with Gasteiger partial charge in [0.25, 0.3) is 0 Å². The van der Waals surface area contributed by atoms with Crippen LogP contribution in [-0.4, -0.2) is 41.5 Å². The van der Waals surface area contributed by atoms with Gasteiger partial charge in [0.2, 0.25) is 0 Å². The number of aliphatic imine (C=N–C) groups is 1. The summed E-state index contributed by atoms with van der Waals surface area (Å²) in [5.41, 5.74) is -0.939. The van der Waals surface area contributed by atoms with E-state index in [4.69, 9.17) is 0 Å². The van der Waals surface area contributed by atoms with E-state index in [1.54, 1.807) is 0 Å². The lowest BCUT2D eigenvalue weighted by atomic mass is 10.0. The zero-order chi connectivity index (χ0) is 15.1. The standard InChI is InChI=1S/C11H10F6N2O/c12-10(13,14)6-4-7(18-5-6)8-2-1-3-19(8)9(20)11(15,16)17/h5,8H,1-4H2/t8-/m0/s1. The number of allylic oxidation sites excluding steroid dienone is 1. The van der Waals surface area contributed by atoms with Crippen molar-refractivity contribution in [2.75, 3.05) is 6.54 Å². The first-order valence-electron chi connectivity index (χ1n) is 5.81. The summed E-state index contributed by atoms with van der Waals surface area (Å²) in [5.74, 6) is -2.02. The van der Waals surface area contributed by atoms with E-state index < -0.39 is 36.3 Å². The lowest BCUT2D eigenvalue weighted by Gasteiger charge is -2.26. The summed E-state index contributed by atoms with van der Waals surface area (Å²) >= 11 is 0. The number of carbonyl (C=O) groups is 1. The van der Waals surface area contributed by atoms with Crippen LogP contribution in [0.5, 0.6) is 0 Å². The number of alkyl halides is 6. The predicted molar refractivity (Wildman–Crippen MR) is 57.0 cm³/mol. The van der Waals surface area contributed by atoms with Crippen LogP contribution in [0.2, 0.25) is 0 Å². The Bertz CT molecular complexity index is 476. The first kappa shape index (κ1) is 14.9. The monoisotopic (exact) mass is 300 g/mol. The minimum atomic E-state index is -5.03. The molecule has 0 unspecified atom stereocenters. The van der Waals surface area contributed by atoms with Gasteiger partial charge in [-0.15, -0.1) is 0 Å². The van der Waals surface area contributed by atoms with Crippen molar-refractivity contribution in [1.29, 1.82) is 0 Å². The minimum absolute atomic E-state index is 0.0348. The fraction of sp³-hybridized carbons (Fsp3) is 0.636. The maximum atomic E-state index is 12.5. The van der Waals surface area contributed by atoms with Gasteiger partial charge in [0, 0.05) is 24.9 Å². The van der Waals surface area contributed by atoms with Crippen molar-refractivity contribution in [3.8, 4) is 0 Å². The highest BCUT2D eigenvalue weighted by molar-refractivity contribution is 5.97. The van der Waals surface area contributed by atoms with Gasteiger partial charge in [-0.05, 0) is 12.8 Å². The van der Waals surface area contributed by atoms with Gasteiger partial charge in [-0.1, -0.05) is 0 Å². The fourth-order valence-electron chi connectivity index (χ4n) is 2.34. The van der Waals surface area contributed by atoms with E-state index >= 15 is 0 Å². The van der Waals surface area contributed by atoms with E-state index in [-0.39, 0.29) is 18.7 Å². The van der Waals surface area contributed by atoms with Crippen molar-refractivity contribution in [1.82, 2.24) is 4.90 Å². The Balaban J connectivity index is 2.10. The Morgan fingerprint density at radius 1 is 1.25 bits per heavy atom. The van der Waals surface area contributed by atoms with Crippen LogP contribution >= 0.6 is 0 Å². The van der Waals surface area contributed by atoms with E-state index in [0.29, 0.717) is 17.5 Å². The van der Waals surface area contributed by atoms with E-state index in [1.165, 1.54) is 0 Å². The summed E-state index contributed by atoms with van der Waals surface area (Å²) in [6.45, 7) is -0.122. The predicted octanol–water partition coefficient (Wildman–Crippen LogP) is 2.83. The summed E-state index contributed by atoms with van der Waals surface area (Å²) in [7, 11) is 0. The zero-order valence-electron chi connectivity index (χ0n) is 10.1. The lowest BCUT2D eigenvalue weighted by Crippen LogP contribution is -2.46. The van der Waals surface area contributed by atoms with Gasteiger partial charge < -0.3 is 4.90 Å². The number of hydrogen-bond acceptors (Lipinski definition) is 2. The molecule has 0 aromatic rings. The molecule has 0 aromatic carbocycles. The van der Waals surface area contributed by atoms with Crippen LogP contribution in [0.4, 0.5) is 26.3 Å². The van der Waals surface area contributed by atoms with E-state index in [0.717, 1.165) is 0 Å². The number of nitrogens with zero attached hydrogens (tertiary/aromatic N) is 2. The van der Waals surface area contributed by atoms with Crippen LogP contribution in [0, 0.1) is 0 Å². The van der Waals surface area contributed by atoms with Crippen molar-refractivity contribution in [3.63, 3.8) is 0 Å². The third kappa shape index (κ3) is 2.80. The van der Waals surface area contributed by atoms with Crippen LogP contribution in [0.3, 0.4) is 0 Å². The summed E-state index contributed by atoms with van der Waals surface area (Å²) in [5, 5.41) is 0. The maximum absolute atomic E-state index is 12.5. The molecule has 1 saturated heterocycles. The topological polar surface area (TPSA) is 32.7 Å². The Hall–Kier alpha value is -1.54. The smallest absolute Gasteiger partial charge is 0.327 e. The van der Waals surface area contributed by atoms with Gasteiger partial charge in [-0.2, -0.15) is 26.3 Å². The SMILES string of the molecule is O=C(N1CCC[C@H]1C1=NC=C(C(F)(F)F)C1)C(F)(F)F. The lowest BCUT2D eigenvalue weighted by molar-refractivity contribution is -0.185. The average Bonchev–Trinajstić information content (AvgIpc) is 2.94. The van der Waals surface area contributed by atoms with Crippen LogP contribution in [-0.2, 0) is 4.79 Å². The molecule has 0 bridgehead atoms. The second kappa shape index (κ2) is 4.78. The van der Waals surface area contributed by atoms with Gasteiger partial charge >= 0.3 is 18.3 Å². The molecule has 1 fully saturated rings. The molecule has 0 radical (unpaired) electrons. The van der Waals surface area contributed by atoms with Crippen molar-refractivity contribution in [2.45, 2.75) is 37.7 Å². The number of carbonyl (C=O) groups excluding carboxylic acids is 1. The van der Waals surface area contributed by atoms with E-state index in [9.17, 15) is 31.1 Å². The highest BCUT2D eigenvalue weighted by atomic mass is 19.4. The van der Waals surface area contributed by atoms with Gasteiger partial charge in [0.15, 0.2) is 0 Å². The van der Waals surface area contributed by atoms with Crippen molar-refractivity contribution in [2.24, 2.45) is 4.99 Å². The second-order valence-corrected chi connectivity index (χ2v) is 4.60. The third-order valence-electron chi connectivity index (χ3n) is 3.26. The van der Waals surface area contributed by atoms with Crippen LogP contribution in [0.25, 0.3) is 0 Å². The fourth-order valence-corrected chi connectivity index (χ4v) is 2.34. The second-order valence-electron chi connectivity index (χ2n) is 4.60. The molecule has 1 amide bonds. The Morgan fingerprint density at radius 2 is 1.90 bits per heavy atom. The molecule has 0 aliphatic carbocycles. The summed E-state index contributed by atoms with van der Waals surface area (Å²) in [6, 6.07) is -1.000. The number of halogens is 6. The quantitative estimate of drug-likeness (QED) is 0.685. The molecule has 2 aliphatic rings. The van der Waals surface area contributed by atoms with Crippen molar-refractivity contribution < 1.29 is 31.1 Å². The van der Waals surface area contributed by atoms with E-state index in [2.05, 4.69) is 4.99 Å². The maximum Gasteiger partial charge on any atom is 0.471 e. The molecule has 0 aromatic heterocycles. The molecule has 0 saturated carbocycles. The zero-order valence-corrected chi connectivity index (χ0v) is 10.1. The Labute approximate surface area is 109 Å². The summed E-state index contributed by atoms with van der Waals surface area (Å²) in [4.78, 5) is 15.3. The molecule has 0 N–H and O–H groups in total. The van der Waals surface area contributed by atoms with Crippen LogP contribution in [0.1, 0.15) is 19.3 Å². The molecular weight excluding hydrogens is 290 g/mol. The highest BCUT2D eigenvalue weighted by Crippen LogP contribution is 2.35. The first-order valence-corrected chi connectivity index (χ1v) is 5.81. The van der Waals surface area contributed by atoms with Gasteiger partial charge in [0.1, 0.15) is 0 Å². The molecule has 2 rings (SSSR count). The Kier molecular flexibility index (Phi) is 3.55. The highest BCUT2D eigenvalue weighted by Gasteiger charge is 2.48. The molecule has 0 spiro atoms.